The van der Waals surface area contributed by atoms with Crippen LogP contribution in [0.3, 0.4) is 0 Å². The van der Waals surface area contributed by atoms with Gasteiger partial charge in [0.1, 0.15) is 11.4 Å². The van der Waals surface area contributed by atoms with Gasteiger partial charge in [0.2, 0.25) is 0 Å². The van der Waals surface area contributed by atoms with E-state index >= 15 is 0 Å². The van der Waals surface area contributed by atoms with Crippen LogP contribution in [0.2, 0.25) is 0 Å². The predicted molar refractivity (Wildman–Crippen MR) is 125 cm³/mol. The van der Waals surface area contributed by atoms with Crippen molar-refractivity contribution in [2.75, 3.05) is 25.5 Å². The Labute approximate surface area is 193 Å². The van der Waals surface area contributed by atoms with E-state index in [1.807, 2.05) is 6.07 Å². The van der Waals surface area contributed by atoms with E-state index in [0.29, 0.717) is 34.6 Å². The lowest BCUT2D eigenvalue weighted by Crippen LogP contribution is -2.42. The summed E-state index contributed by atoms with van der Waals surface area (Å²) in [5.41, 5.74) is 0.962. The topological polar surface area (TPSA) is 114 Å². The number of piperidine rings is 1. The number of benzene rings is 2. The molecule has 0 unspecified atom stereocenters. The van der Waals surface area contributed by atoms with Crippen molar-refractivity contribution in [1.29, 1.82) is 0 Å². The molecule has 1 aliphatic heterocycles. The maximum absolute atomic E-state index is 13.3. The van der Waals surface area contributed by atoms with Crippen molar-refractivity contribution in [3.63, 3.8) is 0 Å². The highest BCUT2D eigenvalue weighted by atomic mass is 79.9. The van der Waals surface area contributed by atoms with Gasteiger partial charge in [0.15, 0.2) is 0 Å². The van der Waals surface area contributed by atoms with Gasteiger partial charge in [-0.05, 0) is 53.4 Å². The van der Waals surface area contributed by atoms with Gasteiger partial charge < -0.3 is 20.3 Å². The molecule has 0 spiro atoms. The van der Waals surface area contributed by atoms with Gasteiger partial charge >= 0.3 is 6.03 Å². The Morgan fingerprint density at radius 3 is 2.34 bits per heavy atom. The molecule has 2 aromatic carbocycles. The lowest BCUT2D eigenvalue weighted by Gasteiger charge is -2.28. The van der Waals surface area contributed by atoms with Crippen molar-refractivity contribution < 1.29 is 19.2 Å². The van der Waals surface area contributed by atoms with E-state index < -0.39 is 11.0 Å². The second kappa shape index (κ2) is 10.8. The molecule has 3 amide bonds. The van der Waals surface area contributed by atoms with Crippen LogP contribution < -0.4 is 15.4 Å². The van der Waals surface area contributed by atoms with Crippen molar-refractivity contribution in [3.05, 3.63) is 69.9 Å². The number of nitrogens with one attached hydrogen (secondary N) is 2. The number of para-hydroxylation sites is 1. The monoisotopic (exact) mass is 502 g/mol. The maximum atomic E-state index is 13.3. The summed E-state index contributed by atoms with van der Waals surface area (Å²) in [5, 5.41) is 16.1. The molecule has 3 rings (SSSR count). The number of non-ortho nitro benzene ring substituents is 1. The zero-order chi connectivity index (χ0) is 23.1. The number of amides is 3. The van der Waals surface area contributed by atoms with E-state index in [-0.39, 0.29) is 17.3 Å². The van der Waals surface area contributed by atoms with E-state index in [1.165, 1.54) is 31.4 Å². The molecule has 1 heterocycles. The third-order valence-electron chi connectivity index (χ3n) is 4.99. The first-order valence-corrected chi connectivity index (χ1v) is 10.8. The fraction of sp³-hybridized carbons (Fsp3) is 0.273. The minimum absolute atomic E-state index is 0.0795. The number of nitrogens with zero attached hydrogens (tertiary/aromatic N) is 2. The van der Waals surface area contributed by atoms with Crippen LogP contribution >= 0.6 is 15.9 Å². The van der Waals surface area contributed by atoms with E-state index in [2.05, 4.69) is 26.6 Å². The highest BCUT2D eigenvalue weighted by molar-refractivity contribution is 9.15. The molecule has 1 saturated heterocycles. The molecule has 10 heteroatoms. The number of carbonyl (C=O) groups is 2. The Kier molecular flexibility index (Phi) is 7.82. The summed E-state index contributed by atoms with van der Waals surface area (Å²) in [6.07, 6.45) is 2.87. The molecule has 2 aromatic rings. The summed E-state index contributed by atoms with van der Waals surface area (Å²) >= 11 is 3.49. The molecule has 0 aliphatic carbocycles. The Morgan fingerprint density at radius 1 is 1.06 bits per heavy atom. The molecule has 2 N–H and O–H groups in total. The zero-order valence-corrected chi connectivity index (χ0v) is 19.1. The van der Waals surface area contributed by atoms with Gasteiger partial charge in [0.25, 0.3) is 11.6 Å². The van der Waals surface area contributed by atoms with Crippen molar-refractivity contribution >= 4 is 43.7 Å². The molecular formula is C22H23BrN4O5. The van der Waals surface area contributed by atoms with E-state index in [4.69, 9.17) is 4.74 Å². The van der Waals surface area contributed by atoms with E-state index in [1.54, 1.807) is 23.1 Å². The number of carbonyl (C=O) groups excluding carboxylic acids is 2. The number of ether oxygens (including phenoxy) is 1. The number of halogens is 1. The molecule has 9 nitrogen and oxygen atoms in total. The number of hydrogen-bond donors (Lipinski definition) is 2. The van der Waals surface area contributed by atoms with Crippen LogP contribution in [0.4, 0.5) is 16.2 Å². The smallest absolute Gasteiger partial charge is 0.323 e. The average molecular weight is 503 g/mol. The Bertz CT molecular complexity index is 1030. The van der Waals surface area contributed by atoms with Crippen molar-refractivity contribution in [2.45, 2.75) is 19.3 Å². The number of likely N-dealkylation sites (tertiary alicyclic amines) is 1. The van der Waals surface area contributed by atoms with Gasteiger partial charge in [-0.1, -0.05) is 18.2 Å². The fourth-order valence-electron chi connectivity index (χ4n) is 3.36. The van der Waals surface area contributed by atoms with Crippen LogP contribution in [0, 0.1) is 10.1 Å². The summed E-state index contributed by atoms with van der Waals surface area (Å²) in [6, 6.07) is 11.9. The van der Waals surface area contributed by atoms with Crippen molar-refractivity contribution in [1.82, 2.24) is 10.2 Å². The second-order valence-corrected chi connectivity index (χ2v) is 7.92. The number of methoxy groups -OCH3 is 1. The molecule has 1 fully saturated rings. The quantitative estimate of drug-likeness (QED) is 0.342. The third-order valence-corrected chi connectivity index (χ3v) is 5.82. The Balaban J connectivity index is 1.88. The van der Waals surface area contributed by atoms with Gasteiger partial charge in [0.05, 0.1) is 16.5 Å². The molecule has 0 bridgehead atoms. The van der Waals surface area contributed by atoms with Gasteiger partial charge in [-0.3, -0.25) is 14.9 Å². The first-order chi connectivity index (χ1) is 15.4. The molecule has 0 radical (unpaired) electrons. The fourth-order valence-corrected chi connectivity index (χ4v) is 3.96. The first kappa shape index (κ1) is 23.3. The molecule has 0 aromatic heterocycles. The lowest BCUT2D eigenvalue weighted by atomic mass is 10.1. The molecule has 1 aliphatic rings. The zero-order valence-electron chi connectivity index (χ0n) is 17.5. The van der Waals surface area contributed by atoms with Crippen LogP contribution in [0.15, 0.2) is 54.2 Å². The Hall–Kier alpha value is -3.40. The van der Waals surface area contributed by atoms with Gasteiger partial charge in [-0.15, -0.1) is 0 Å². The molecule has 32 heavy (non-hydrogen) atoms. The molecular weight excluding hydrogens is 480 g/mol. The predicted octanol–water partition coefficient (Wildman–Crippen LogP) is 4.50. The third kappa shape index (κ3) is 5.64. The summed E-state index contributed by atoms with van der Waals surface area (Å²) in [5.74, 6) is 0.238. The normalized spacial score (nSPS) is 14.2. The number of anilines is 1. The summed E-state index contributed by atoms with van der Waals surface area (Å²) < 4.78 is 5.79. The summed E-state index contributed by atoms with van der Waals surface area (Å²) in [6.45, 7) is 1.22. The highest BCUT2D eigenvalue weighted by Gasteiger charge is 2.26. The van der Waals surface area contributed by atoms with Crippen LogP contribution in [-0.4, -0.2) is 42.0 Å². The number of hydrogen-bond acceptors (Lipinski definition) is 5. The summed E-state index contributed by atoms with van der Waals surface area (Å²) in [7, 11) is 1.53. The van der Waals surface area contributed by atoms with E-state index in [9.17, 15) is 19.7 Å². The maximum Gasteiger partial charge on any atom is 0.323 e. The van der Waals surface area contributed by atoms with Crippen LogP contribution in [0.1, 0.15) is 24.8 Å². The average Bonchev–Trinajstić information content (AvgIpc) is 2.82. The SMILES string of the molecule is COc1ccccc1/C(Br)=C(\NC(=O)Nc1ccc([N+](=O)[O-])cc1)C(=O)N1CCCCC1. The molecule has 0 atom stereocenters. The van der Waals surface area contributed by atoms with Gasteiger partial charge in [-0.25, -0.2) is 4.79 Å². The molecule has 168 valence electrons. The van der Waals surface area contributed by atoms with Crippen molar-refractivity contribution in [2.24, 2.45) is 0 Å². The largest absolute Gasteiger partial charge is 0.496 e. The number of rotatable bonds is 6. The number of nitro benzene ring substituents is 1. The van der Waals surface area contributed by atoms with Crippen LogP contribution in [0.5, 0.6) is 5.75 Å². The first-order valence-electron chi connectivity index (χ1n) is 10.1. The minimum Gasteiger partial charge on any atom is -0.496 e. The summed E-state index contributed by atoms with van der Waals surface area (Å²) in [4.78, 5) is 38.0. The number of urea groups is 1. The van der Waals surface area contributed by atoms with Crippen LogP contribution in [-0.2, 0) is 4.79 Å². The van der Waals surface area contributed by atoms with Crippen LogP contribution in [0.25, 0.3) is 4.48 Å². The Morgan fingerprint density at radius 2 is 1.72 bits per heavy atom. The second-order valence-electron chi connectivity index (χ2n) is 7.13. The minimum atomic E-state index is -0.647. The van der Waals surface area contributed by atoms with Crippen molar-refractivity contribution in [3.8, 4) is 5.75 Å². The standard InChI is InChI=1S/C22H23BrN4O5/c1-32-18-8-4-3-7-17(18)19(23)20(21(28)26-13-5-2-6-14-26)25-22(29)24-15-9-11-16(12-10-15)27(30)31/h3-4,7-12H,2,5-6,13-14H2,1H3,(H2,24,25,29)/b20-19+. The van der Waals surface area contributed by atoms with Gasteiger partial charge in [-0.2, -0.15) is 0 Å². The highest BCUT2D eigenvalue weighted by Crippen LogP contribution is 2.33. The lowest BCUT2D eigenvalue weighted by molar-refractivity contribution is -0.384. The van der Waals surface area contributed by atoms with Gasteiger partial charge in [0, 0.05) is 36.5 Å². The number of nitro groups is 1. The van der Waals surface area contributed by atoms with E-state index in [0.717, 1.165) is 19.3 Å². The molecule has 0 saturated carbocycles.